The zero-order chi connectivity index (χ0) is 12.1. The van der Waals surface area contributed by atoms with Crippen molar-refractivity contribution in [2.24, 2.45) is 5.73 Å². The van der Waals surface area contributed by atoms with Crippen LogP contribution in [0.5, 0.6) is 5.75 Å². The molecule has 1 aromatic rings. The second kappa shape index (κ2) is 5.82. The van der Waals surface area contributed by atoms with Gasteiger partial charge in [0.2, 0.25) is 0 Å². The van der Waals surface area contributed by atoms with Gasteiger partial charge in [0, 0.05) is 6.04 Å². The Morgan fingerprint density at radius 3 is 2.75 bits per heavy atom. The van der Waals surface area contributed by atoms with Gasteiger partial charge in [-0.15, -0.1) is 0 Å². The van der Waals surface area contributed by atoms with Gasteiger partial charge in [-0.3, -0.25) is 0 Å². The molecule has 0 radical (unpaired) electrons. The summed E-state index contributed by atoms with van der Waals surface area (Å²) < 4.78 is 18.6. The van der Waals surface area contributed by atoms with Crippen molar-refractivity contribution in [2.45, 2.75) is 31.9 Å². The minimum atomic E-state index is -0.925. The highest BCUT2D eigenvalue weighted by Crippen LogP contribution is 2.30. The predicted molar refractivity (Wildman–Crippen MR) is 60.8 cm³/mol. The zero-order valence-corrected chi connectivity index (χ0v) is 9.61. The SMILES string of the molecule is CCC(N)CC(O)c1c(F)cccc1OC. The van der Waals surface area contributed by atoms with Gasteiger partial charge in [-0.1, -0.05) is 13.0 Å². The molecule has 0 saturated carbocycles. The first-order valence-corrected chi connectivity index (χ1v) is 5.36. The number of methoxy groups -OCH3 is 1. The van der Waals surface area contributed by atoms with E-state index in [1.165, 1.54) is 13.2 Å². The van der Waals surface area contributed by atoms with Crippen LogP contribution in [-0.2, 0) is 0 Å². The van der Waals surface area contributed by atoms with Crippen molar-refractivity contribution in [1.29, 1.82) is 0 Å². The zero-order valence-electron chi connectivity index (χ0n) is 9.61. The highest BCUT2D eigenvalue weighted by molar-refractivity contribution is 5.36. The predicted octanol–water partition coefficient (Wildman–Crippen LogP) is 2.00. The fourth-order valence-electron chi connectivity index (χ4n) is 1.59. The Balaban J connectivity index is 2.93. The third-order valence-electron chi connectivity index (χ3n) is 2.62. The number of hydrogen-bond donors (Lipinski definition) is 2. The van der Waals surface area contributed by atoms with E-state index in [1.54, 1.807) is 12.1 Å². The summed E-state index contributed by atoms with van der Waals surface area (Å²) >= 11 is 0. The van der Waals surface area contributed by atoms with E-state index >= 15 is 0 Å². The topological polar surface area (TPSA) is 55.5 Å². The lowest BCUT2D eigenvalue weighted by Crippen LogP contribution is -2.22. The average molecular weight is 227 g/mol. The van der Waals surface area contributed by atoms with Crippen molar-refractivity contribution in [3.8, 4) is 5.75 Å². The fraction of sp³-hybridized carbons (Fsp3) is 0.500. The molecule has 1 rings (SSSR count). The molecule has 2 atom stereocenters. The maximum absolute atomic E-state index is 13.6. The standard InChI is InChI=1S/C12H18FNO2/c1-3-8(14)7-10(15)12-9(13)5-4-6-11(12)16-2/h4-6,8,10,15H,3,7,14H2,1-2H3. The Kier molecular flexibility index (Phi) is 4.71. The van der Waals surface area contributed by atoms with Crippen molar-refractivity contribution in [3.63, 3.8) is 0 Å². The molecule has 3 nitrogen and oxygen atoms in total. The molecule has 0 amide bonds. The van der Waals surface area contributed by atoms with E-state index in [1.807, 2.05) is 6.92 Å². The lowest BCUT2D eigenvalue weighted by atomic mass is 10.00. The molecule has 0 aliphatic carbocycles. The molecule has 2 unspecified atom stereocenters. The third-order valence-corrected chi connectivity index (χ3v) is 2.62. The summed E-state index contributed by atoms with van der Waals surface area (Å²) in [5.41, 5.74) is 5.92. The molecule has 0 spiro atoms. The van der Waals surface area contributed by atoms with Gasteiger partial charge < -0.3 is 15.6 Å². The summed E-state index contributed by atoms with van der Waals surface area (Å²) in [6.07, 6.45) is 0.146. The number of aliphatic hydroxyl groups excluding tert-OH is 1. The summed E-state index contributed by atoms with van der Waals surface area (Å²) in [6, 6.07) is 4.33. The second-order valence-corrected chi connectivity index (χ2v) is 3.78. The molecular weight excluding hydrogens is 209 g/mol. The lowest BCUT2D eigenvalue weighted by molar-refractivity contribution is 0.148. The molecule has 0 fully saturated rings. The van der Waals surface area contributed by atoms with Crippen LogP contribution in [0.1, 0.15) is 31.4 Å². The largest absolute Gasteiger partial charge is 0.496 e. The summed E-state index contributed by atoms with van der Waals surface area (Å²) in [7, 11) is 1.45. The Hall–Kier alpha value is -1.13. The molecule has 0 bridgehead atoms. The van der Waals surface area contributed by atoms with Crippen molar-refractivity contribution in [3.05, 3.63) is 29.6 Å². The van der Waals surface area contributed by atoms with Gasteiger partial charge in [-0.2, -0.15) is 0 Å². The summed E-state index contributed by atoms with van der Waals surface area (Å²) in [6.45, 7) is 1.93. The normalized spacial score (nSPS) is 14.6. The number of halogens is 1. The minimum Gasteiger partial charge on any atom is -0.496 e. The van der Waals surface area contributed by atoms with Crippen LogP contribution in [-0.4, -0.2) is 18.3 Å². The van der Waals surface area contributed by atoms with E-state index in [9.17, 15) is 9.50 Å². The van der Waals surface area contributed by atoms with Crippen LogP contribution >= 0.6 is 0 Å². The Morgan fingerprint density at radius 1 is 1.50 bits per heavy atom. The van der Waals surface area contributed by atoms with Gasteiger partial charge in [0.05, 0.1) is 18.8 Å². The maximum atomic E-state index is 13.6. The van der Waals surface area contributed by atoms with Crippen LogP contribution in [0.3, 0.4) is 0 Å². The van der Waals surface area contributed by atoms with Crippen molar-refractivity contribution in [2.75, 3.05) is 7.11 Å². The highest BCUT2D eigenvalue weighted by atomic mass is 19.1. The molecule has 0 aromatic heterocycles. The van der Waals surface area contributed by atoms with Crippen LogP contribution in [0.25, 0.3) is 0 Å². The van der Waals surface area contributed by atoms with Crippen molar-refractivity contribution in [1.82, 2.24) is 0 Å². The molecule has 1 aromatic carbocycles. The van der Waals surface area contributed by atoms with E-state index in [-0.39, 0.29) is 11.6 Å². The first kappa shape index (κ1) is 12.9. The van der Waals surface area contributed by atoms with Crippen LogP contribution in [0.4, 0.5) is 4.39 Å². The number of ether oxygens (including phenoxy) is 1. The number of aliphatic hydroxyl groups is 1. The van der Waals surface area contributed by atoms with Gasteiger partial charge in [0.15, 0.2) is 0 Å². The minimum absolute atomic E-state index is 0.140. The molecule has 0 aliphatic rings. The van der Waals surface area contributed by atoms with Crippen LogP contribution < -0.4 is 10.5 Å². The molecule has 4 heteroatoms. The van der Waals surface area contributed by atoms with E-state index in [0.29, 0.717) is 12.2 Å². The number of benzene rings is 1. The summed E-state index contributed by atoms with van der Waals surface area (Å²) in [5.74, 6) is -0.106. The van der Waals surface area contributed by atoms with E-state index in [2.05, 4.69) is 0 Å². The third kappa shape index (κ3) is 2.93. The Bertz CT molecular complexity index is 344. The Labute approximate surface area is 95.0 Å². The summed E-state index contributed by atoms with van der Waals surface area (Å²) in [5, 5.41) is 9.91. The first-order chi connectivity index (χ1) is 7.60. The second-order valence-electron chi connectivity index (χ2n) is 3.78. The molecule has 3 N–H and O–H groups in total. The monoisotopic (exact) mass is 227 g/mol. The Morgan fingerprint density at radius 2 is 2.19 bits per heavy atom. The highest BCUT2D eigenvalue weighted by Gasteiger charge is 2.19. The maximum Gasteiger partial charge on any atom is 0.132 e. The van der Waals surface area contributed by atoms with Gasteiger partial charge in [0.1, 0.15) is 11.6 Å². The van der Waals surface area contributed by atoms with Gasteiger partial charge in [-0.25, -0.2) is 4.39 Å². The van der Waals surface area contributed by atoms with Crippen molar-refractivity contribution < 1.29 is 14.2 Å². The number of rotatable bonds is 5. The molecule has 0 heterocycles. The van der Waals surface area contributed by atoms with Gasteiger partial charge >= 0.3 is 0 Å². The molecule has 0 aliphatic heterocycles. The molecular formula is C12H18FNO2. The van der Waals surface area contributed by atoms with Gasteiger partial charge in [0.25, 0.3) is 0 Å². The van der Waals surface area contributed by atoms with E-state index < -0.39 is 11.9 Å². The smallest absolute Gasteiger partial charge is 0.132 e. The van der Waals surface area contributed by atoms with Crippen LogP contribution in [0, 0.1) is 5.82 Å². The first-order valence-electron chi connectivity index (χ1n) is 5.36. The fourth-order valence-corrected chi connectivity index (χ4v) is 1.59. The quantitative estimate of drug-likeness (QED) is 0.808. The van der Waals surface area contributed by atoms with Crippen LogP contribution in [0.15, 0.2) is 18.2 Å². The van der Waals surface area contributed by atoms with E-state index in [0.717, 1.165) is 6.42 Å². The number of nitrogens with two attached hydrogens (primary N) is 1. The van der Waals surface area contributed by atoms with Crippen molar-refractivity contribution >= 4 is 0 Å². The lowest BCUT2D eigenvalue weighted by Gasteiger charge is -2.18. The van der Waals surface area contributed by atoms with Gasteiger partial charge in [-0.05, 0) is 25.0 Å². The molecule has 16 heavy (non-hydrogen) atoms. The number of hydrogen-bond acceptors (Lipinski definition) is 3. The molecule has 0 saturated heterocycles. The van der Waals surface area contributed by atoms with E-state index in [4.69, 9.17) is 10.5 Å². The van der Waals surface area contributed by atoms with Crippen LogP contribution in [0.2, 0.25) is 0 Å². The molecule has 90 valence electrons. The average Bonchev–Trinajstić information content (AvgIpc) is 2.28. The summed E-state index contributed by atoms with van der Waals surface area (Å²) in [4.78, 5) is 0.